The van der Waals surface area contributed by atoms with Gasteiger partial charge >= 0.3 is 0 Å². The molecule has 108 valence electrons. The molecule has 5 heteroatoms. The first kappa shape index (κ1) is 14.4. The third-order valence-corrected chi connectivity index (χ3v) is 3.15. The predicted octanol–water partition coefficient (Wildman–Crippen LogP) is 0.695. The molecule has 0 amide bonds. The Morgan fingerprint density at radius 3 is 1.58 bits per heavy atom. The molecule has 0 bridgehead atoms. The molecule has 0 aliphatic carbocycles. The number of morpholine rings is 2. The van der Waals surface area contributed by atoms with Crippen LogP contribution in [0.4, 0.5) is 0 Å². The van der Waals surface area contributed by atoms with Crippen molar-refractivity contribution in [1.29, 1.82) is 0 Å². The van der Waals surface area contributed by atoms with Gasteiger partial charge in [0.1, 0.15) is 0 Å². The first-order chi connectivity index (χ1) is 9.45. The summed E-state index contributed by atoms with van der Waals surface area (Å²) in [6.07, 6.45) is 8.34. The molecule has 19 heavy (non-hydrogen) atoms. The fourth-order valence-corrected chi connectivity index (χ4v) is 2.04. The zero-order valence-electron chi connectivity index (χ0n) is 11.5. The largest absolute Gasteiger partial charge is 0.378 e. The van der Waals surface area contributed by atoms with E-state index in [0.717, 1.165) is 52.6 Å². The summed E-state index contributed by atoms with van der Waals surface area (Å²) in [6, 6.07) is 0. The maximum Gasteiger partial charge on any atom is 0.0668 e. The summed E-state index contributed by atoms with van der Waals surface area (Å²) in [5.74, 6) is 0. The Hall–Kier alpha value is -1.04. The van der Waals surface area contributed by atoms with Crippen molar-refractivity contribution in [2.75, 3.05) is 65.8 Å². The van der Waals surface area contributed by atoms with Gasteiger partial charge in [-0.05, 0) is 24.6 Å². The van der Waals surface area contributed by atoms with Gasteiger partial charge in [0, 0.05) is 26.2 Å². The van der Waals surface area contributed by atoms with Gasteiger partial charge < -0.3 is 24.0 Å². The normalized spacial score (nSPS) is 21.7. The highest BCUT2D eigenvalue weighted by molar-refractivity contribution is 4.86. The Morgan fingerprint density at radius 2 is 1.16 bits per heavy atom. The van der Waals surface area contributed by atoms with Crippen LogP contribution < -0.4 is 0 Å². The van der Waals surface area contributed by atoms with Gasteiger partial charge in [-0.15, -0.1) is 0 Å². The second-order valence-corrected chi connectivity index (χ2v) is 4.60. The average Bonchev–Trinajstić information content (AvgIpc) is 2.48. The molecule has 2 heterocycles. The van der Waals surface area contributed by atoms with Gasteiger partial charge in [-0.3, -0.25) is 0 Å². The molecule has 0 spiro atoms. The highest BCUT2D eigenvalue weighted by Gasteiger charge is 2.05. The molecule has 0 aromatic heterocycles. The molecule has 2 rings (SSSR count). The Bertz CT molecular complexity index is 254. The van der Waals surface area contributed by atoms with Crippen molar-refractivity contribution in [1.82, 2.24) is 9.80 Å². The first-order valence-electron chi connectivity index (χ1n) is 7.00. The van der Waals surface area contributed by atoms with Crippen LogP contribution in [-0.2, 0) is 14.2 Å². The van der Waals surface area contributed by atoms with Crippen molar-refractivity contribution in [2.45, 2.75) is 0 Å². The standard InChI is InChI=1S/C14H24N2O3/c1(3-15-5-11-18-12-6-15)9-17-10-2-4-16-7-13-19-14-8-16/h1-4H,5-14H2. The van der Waals surface area contributed by atoms with Crippen molar-refractivity contribution >= 4 is 0 Å². The fraction of sp³-hybridized carbons (Fsp3) is 0.714. The van der Waals surface area contributed by atoms with Crippen LogP contribution in [-0.4, -0.2) is 75.6 Å². The average molecular weight is 268 g/mol. The van der Waals surface area contributed by atoms with Crippen molar-refractivity contribution < 1.29 is 14.2 Å². The lowest BCUT2D eigenvalue weighted by atomic mass is 10.4. The smallest absolute Gasteiger partial charge is 0.0668 e. The number of rotatable bonds is 6. The molecule has 2 fully saturated rings. The lowest BCUT2D eigenvalue weighted by Gasteiger charge is -2.25. The molecule has 0 N–H and O–H groups in total. The van der Waals surface area contributed by atoms with E-state index >= 15 is 0 Å². The summed E-state index contributed by atoms with van der Waals surface area (Å²) in [5, 5.41) is 0. The van der Waals surface area contributed by atoms with Crippen LogP contribution in [0.5, 0.6) is 0 Å². The molecule has 0 radical (unpaired) electrons. The number of hydrogen-bond donors (Lipinski definition) is 0. The van der Waals surface area contributed by atoms with Crippen LogP contribution >= 0.6 is 0 Å². The van der Waals surface area contributed by atoms with E-state index in [9.17, 15) is 0 Å². The van der Waals surface area contributed by atoms with E-state index in [1.54, 1.807) is 0 Å². The quantitative estimate of drug-likeness (QED) is 0.662. The van der Waals surface area contributed by atoms with E-state index in [1.165, 1.54) is 0 Å². The van der Waals surface area contributed by atoms with E-state index in [4.69, 9.17) is 14.2 Å². The molecule has 2 saturated heterocycles. The molecule has 0 unspecified atom stereocenters. The highest BCUT2D eigenvalue weighted by Crippen LogP contribution is 1.98. The van der Waals surface area contributed by atoms with E-state index in [2.05, 4.69) is 34.4 Å². The van der Waals surface area contributed by atoms with Gasteiger partial charge in [0.15, 0.2) is 0 Å². The van der Waals surface area contributed by atoms with Crippen LogP contribution in [0, 0.1) is 0 Å². The predicted molar refractivity (Wildman–Crippen MR) is 73.9 cm³/mol. The Kier molecular flexibility index (Phi) is 6.78. The summed E-state index contributed by atoms with van der Waals surface area (Å²) in [7, 11) is 0. The Morgan fingerprint density at radius 1 is 0.737 bits per heavy atom. The van der Waals surface area contributed by atoms with Crippen LogP contribution in [0.2, 0.25) is 0 Å². The number of hydrogen-bond acceptors (Lipinski definition) is 5. The molecule has 2 aliphatic heterocycles. The second kappa shape index (κ2) is 8.96. The minimum absolute atomic E-state index is 0.658. The van der Waals surface area contributed by atoms with Crippen LogP contribution in [0.3, 0.4) is 0 Å². The van der Waals surface area contributed by atoms with Gasteiger partial charge in [-0.2, -0.15) is 0 Å². The first-order valence-corrected chi connectivity index (χ1v) is 7.00. The van der Waals surface area contributed by atoms with Gasteiger partial charge in [-0.1, -0.05) is 0 Å². The second-order valence-electron chi connectivity index (χ2n) is 4.60. The Balaban J connectivity index is 1.49. The minimum Gasteiger partial charge on any atom is -0.378 e. The van der Waals surface area contributed by atoms with Gasteiger partial charge in [0.25, 0.3) is 0 Å². The van der Waals surface area contributed by atoms with Gasteiger partial charge in [0.05, 0.1) is 39.6 Å². The highest BCUT2D eigenvalue weighted by atomic mass is 16.5. The van der Waals surface area contributed by atoms with E-state index in [1.807, 2.05) is 0 Å². The van der Waals surface area contributed by atoms with Gasteiger partial charge in [-0.25, -0.2) is 0 Å². The molecule has 0 aromatic rings. The molecular formula is C14H24N2O3. The van der Waals surface area contributed by atoms with Crippen LogP contribution in [0.1, 0.15) is 0 Å². The summed E-state index contributed by atoms with van der Waals surface area (Å²) >= 11 is 0. The third-order valence-electron chi connectivity index (χ3n) is 3.15. The molecule has 2 aliphatic rings. The molecule has 0 aromatic carbocycles. The van der Waals surface area contributed by atoms with E-state index < -0.39 is 0 Å². The monoisotopic (exact) mass is 268 g/mol. The van der Waals surface area contributed by atoms with Crippen molar-refractivity contribution in [2.24, 2.45) is 0 Å². The molecular weight excluding hydrogens is 244 g/mol. The lowest BCUT2D eigenvalue weighted by Crippen LogP contribution is -2.32. The van der Waals surface area contributed by atoms with Crippen LogP contribution in [0.25, 0.3) is 0 Å². The van der Waals surface area contributed by atoms with Gasteiger partial charge in [0.2, 0.25) is 0 Å². The maximum atomic E-state index is 5.53. The number of ether oxygens (including phenoxy) is 3. The lowest BCUT2D eigenvalue weighted by molar-refractivity contribution is 0.0585. The summed E-state index contributed by atoms with van der Waals surface area (Å²) in [5.41, 5.74) is 0. The SMILES string of the molecule is C(=CN1CCOCC1)COCC=CN1CCOCC1. The maximum absolute atomic E-state index is 5.53. The third kappa shape index (κ3) is 6.09. The van der Waals surface area contributed by atoms with E-state index in [0.29, 0.717) is 13.2 Å². The number of nitrogens with zero attached hydrogens (tertiary/aromatic N) is 2. The fourth-order valence-electron chi connectivity index (χ4n) is 2.04. The summed E-state index contributed by atoms with van der Waals surface area (Å²) in [4.78, 5) is 4.52. The van der Waals surface area contributed by atoms with Crippen molar-refractivity contribution in [3.05, 3.63) is 24.6 Å². The van der Waals surface area contributed by atoms with Crippen molar-refractivity contribution in [3.63, 3.8) is 0 Å². The Labute approximate surface area is 115 Å². The molecule has 5 nitrogen and oxygen atoms in total. The van der Waals surface area contributed by atoms with Crippen molar-refractivity contribution in [3.8, 4) is 0 Å². The summed E-state index contributed by atoms with van der Waals surface area (Å²) < 4.78 is 16.1. The zero-order chi connectivity index (χ0) is 13.2. The molecule has 0 atom stereocenters. The molecule has 0 saturated carbocycles. The van der Waals surface area contributed by atoms with Crippen LogP contribution in [0.15, 0.2) is 24.6 Å². The summed E-state index contributed by atoms with van der Waals surface area (Å²) in [6.45, 7) is 8.54. The zero-order valence-corrected chi connectivity index (χ0v) is 11.5. The minimum atomic E-state index is 0.658. The topological polar surface area (TPSA) is 34.2 Å². The van der Waals surface area contributed by atoms with E-state index in [-0.39, 0.29) is 0 Å².